The number of aromatic amines is 1. The first kappa shape index (κ1) is 15.9. The molecule has 2 aromatic carbocycles. The number of carbonyl (C=O) groups excluding carboxylic acids is 1. The van der Waals surface area contributed by atoms with E-state index >= 15 is 0 Å². The molecular weight excluding hydrogens is 327 g/mol. The van der Waals surface area contributed by atoms with Gasteiger partial charge in [0, 0.05) is 23.5 Å². The summed E-state index contributed by atoms with van der Waals surface area (Å²) >= 11 is 4.93. The summed E-state index contributed by atoms with van der Waals surface area (Å²) in [5.41, 5.74) is 7.57. The van der Waals surface area contributed by atoms with Crippen molar-refractivity contribution in [2.75, 3.05) is 7.05 Å². The van der Waals surface area contributed by atoms with Gasteiger partial charge in [-0.1, -0.05) is 30.3 Å². The Kier molecular flexibility index (Phi) is 4.43. The van der Waals surface area contributed by atoms with E-state index in [1.807, 2.05) is 30.3 Å². The monoisotopic (exact) mass is 342 g/mol. The molecule has 0 aliphatic carbocycles. The Morgan fingerprint density at radius 3 is 2.58 bits per heavy atom. The number of hydrazine groups is 1. The molecular formula is C17H15FN4OS. The van der Waals surface area contributed by atoms with Gasteiger partial charge in [0.2, 0.25) is 0 Å². The van der Waals surface area contributed by atoms with Gasteiger partial charge in [-0.05, 0) is 36.0 Å². The van der Waals surface area contributed by atoms with Gasteiger partial charge in [-0.15, -0.1) is 0 Å². The number of halogens is 1. The molecule has 0 atom stereocenters. The second-order valence-electron chi connectivity index (χ2n) is 5.09. The Balaban J connectivity index is 2.10. The minimum absolute atomic E-state index is 0.284. The molecule has 0 radical (unpaired) electrons. The Bertz CT molecular complexity index is 908. The van der Waals surface area contributed by atoms with E-state index < -0.39 is 5.91 Å². The molecule has 5 nitrogen and oxygen atoms in total. The van der Waals surface area contributed by atoms with E-state index in [2.05, 4.69) is 21.2 Å². The molecule has 7 heteroatoms. The molecule has 0 bridgehead atoms. The maximum absolute atomic E-state index is 13.7. The van der Waals surface area contributed by atoms with Gasteiger partial charge in [-0.2, -0.15) is 0 Å². The van der Waals surface area contributed by atoms with Gasteiger partial charge < -0.3 is 10.3 Å². The molecule has 1 heterocycles. The number of benzene rings is 2. The van der Waals surface area contributed by atoms with Gasteiger partial charge in [-0.25, -0.2) is 4.39 Å². The highest BCUT2D eigenvalue weighted by atomic mass is 32.1. The molecule has 3 rings (SSSR count). The van der Waals surface area contributed by atoms with E-state index in [0.717, 1.165) is 5.56 Å². The Hall–Kier alpha value is -2.93. The van der Waals surface area contributed by atoms with E-state index in [1.165, 1.54) is 12.1 Å². The average Bonchev–Trinajstić information content (AvgIpc) is 2.98. The summed E-state index contributed by atoms with van der Waals surface area (Å²) in [6.07, 6.45) is 0. The van der Waals surface area contributed by atoms with E-state index in [4.69, 9.17) is 12.2 Å². The lowest BCUT2D eigenvalue weighted by Crippen LogP contribution is -2.45. The Labute approximate surface area is 143 Å². The number of hydrogen-bond donors (Lipinski definition) is 4. The number of thiocarbonyl (C=S) groups is 1. The lowest BCUT2D eigenvalue weighted by molar-refractivity contribution is 0.0940. The zero-order chi connectivity index (χ0) is 17.1. The second kappa shape index (κ2) is 6.67. The number of carbonyl (C=O) groups is 1. The first-order chi connectivity index (χ1) is 11.6. The third-order valence-electron chi connectivity index (χ3n) is 3.57. The maximum Gasteiger partial charge on any atom is 0.286 e. The largest absolute Gasteiger partial charge is 0.364 e. The first-order valence-electron chi connectivity index (χ1n) is 7.25. The molecule has 122 valence electrons. The molecule has 0 saturated heterocycles. The zero-order valence-corrected chi connectivity index (χ0v) is 13.6. The molecule has 0 aliphatic heterocycles. The number of hydrogen-bond acceptors (Lipinski definition) is 2. The minimum Gasteiger partial charge on any atom is -0.364 e. The van der Waals surface area contributed by atoms with Crippen molar-refractivity contribution in [1.82, 2.24) is 21.2 Å². The van der Waals surface area contributed by atoms with Crippen LogP contribution in [0.1, 0.15) is 10.5 Å². The van der Waals surface area contributed by atoms with Crippen LogP contribution in [0, 0.1) is 5.82 Å². The van der Waals surface area contributed by atoms with E-state index in [9.17, 15) is 9.18 Å². The lowest BCUT2D eigenvalue weighted by Gasteiger charge is -2.09. The first-order valence-corrected chi connectivity index (χ1v) is 7.65. The SMILES string of the molecule is CNC(=S)NNC(=O)c1[nH]c2ccc(F)cc2c1-c1ccccc1. The number of H-pyrrole nitrogens is 1. The van der Waals surface area contributed by atoms with Gasteiger partial charge in [0.05, 0.1) is 0 Å². The van der Waals surface area contributed by atoms with Gasteiger partial charge in [0.15, 0.2) is 5.11 Å². The number of rotatable bonds is 2. The van der Waals surface area contributed by atoms with Gasteiger partial charge in [0.1, 0.15) is 11.5 Å². The maximum atomic E-state index is 13.7. The Morgan fingerprint density at radius 2 is 1.88 bits per heavy atom. The molecule has 0 unspecified atom stereocenters. The van der Waals surface area contributed by atoms with Crippen molar-refractivity contribution in [1.29, 1.82) is 0 Å². The molecule has 0 spiro atoms. The number of nitrogens with one attached hydrogen (secondary N) is 4. The third-order valence-corrected chi connectivity index (χ3v) is 3.87. The van der Waals surface area contributed by atoms with Crippen molar-refractivity contribution in [2.24, 2.45) is 0 Å². The van der Waals surface area contributed by atoms with Crippen molar-refractivity contribution < 1.29 is 9.18 Å². The van der Waals surface area contributed by atoms with Crippen molar-refractivity contribution in [3.63, 3.8) is 0 Å². The fourth-order valence-corrected chi connectivity index (χ4v) is 2.53. The van der Waals surface area contributed by atoms with Crippen LogP contribution in [0.15, 0.2) is 48.5 Å². The van der Waals surface area contributed by atoms with Crippen molar-refractivity contribution in [3.05, 3.63) is 60.0 Å². The molecule has 0 saturated carbocycles. The van der Waals surface area contributed by atoms with Crippen LogP contribution in [0.3, 0.4) is 0 Å². The number of aromatic nitrogens is 1. The molecule has 0 fully saturated rings. The molecule has 3 aromatic rings. The standard InChI is InChI=1S/C17H15FN4OS/c1-19-17(24)22-21-16(23)15-14(10-5-3-2-4-6-10)12-9-11(18)7-8-13(12)20-15/h2-9,20H,1H3,(H,21,23)(H2,19,22,24). The predicted molar refractivity (Wildman–Crippen MR) is 96.0 cm³/mol. The van der Waals surface area contributed by atoms with Crippen LogP contribution in [0.2, 0.25) is 0 Å². The summed E-state index contributed by atoms with van der Waals surface area (Å²) < 4.78 is 13.7. The summed E-state index contributed by atoms with van der Waals surface area (Å²) in [5, 5.41) is 3.62. The summed E-state index contributed by atoms with van der Waals surface area (Å²) in [5.74, 6) is -0.761. The quantitative estimate of drug-likeness (QED) is 0.427. The van der Waals surface area contributed by atoms with Crippen LogP contribution < -0.4 is 16.2 Å². The van der Waals surface area contributed by atoms with Gasteiger partial charge in [0.25, 0.3) is 5.91 Å². The van der Waals surface area contributed by atoms with E-state index in [0.29, 0.717) is 22.2 Å². The molecule has 4 N–H and O–H groups in total. The highest BCUT2D eigenvalue weighted by Gasteiger charge is 2.19. The van der Waals surface area contributed by atoms with Crippen LogP contribution in [0.5, 0.6) is 0 Å². The second-order valence-corrected chi connectivity index (χ2v) is 5.50. The van der Waals surface area contributed by atoms with Gasteiger partial charge >= 0.3 is 0 Å². The fourth-order valence-electron chi connectivity index (χ4n) is 2.48. The molecule has 1 aromatic heterocycles. The molecule has 1 amide bonds. The number of fused-ring (bicyclic) bond motifs is 1. The molecule has 24 heavy (non-hydrogen) atoms. The highest BCUT2D eigenvalue weighted by molar-refractivity contribution is 7.80. The minimum atomic E-state index is -0.400. The summed E-state index contributed by atoms with van der Waals surface area (Å²) in [6, 6.07) is 13.7. The van der Waals surface area contributed by atoms with Crippen molar-refractivity contribution in [3.8, 4) is 11.1 Å². The average molecular weight is 342 g/mol. The van der Waals surface area contributed by atoms with E-state index in [-0.39, 0.29) is 10.9 Å². The number of amides is 1. The zero-order valence-electron chi connectivity index (χ0n) is 12.8. The predicted octanol–water partition coefficient (Wildman–Crippen LogP) is 2.71. The highest BCUT2D eigenvalue weighted by Crippen LogP contribution is 2.32. The van der Waals surface area contributed by atoms with Crippen LogP contribution in [0.4, 0.5) is 4.39 Å². The fraction of sp³-hybridized carbons (Fsp3) is 0.0588. The normalized spacial score (nSPS) is 10.4. The van der Waals surface area contributed by atoms with Crippen LogP contribution in [-0.4, -0.2) is 23.1 Å². The lowest BCUT2D eigenvalue weighted by atomic mass is 10.0. The summed E-state index contributed by atoms with van der Waals surface area (Å²) in [7, 11) is 1.64. The topological polar surface area (TPSA) is 68.9 Å². The van der Waals surface area contributed by atoms with Gasteiger partial charge in [-0.3, -0.25) is 15.6 Å². The van der Waals surface area contributed by atoms with Crippen LogP contribution in [-0.2, 0) is 0 Å². The molecule has 0 aliphatic rings. The summed E-state index contributed by atoms with van der Waals surface area (Å²) in [6.45, 7) is 0. The van der Waals surface area contributed by atoms with Crippen molar-refractivity contribution >= 4 is 34.1 Å². The third kappa shape index (κ3) is 3.07. The van der Waals surface area contributed by atoms with Crippen LogP contribution in [0.25, 0.3) is 22.0 Å². The Morgan fingerprint density at radius 1 is 1.12 bits per heavy atom. The van der Waals surface area contributed by atoms with Crippen LogP contribution >= 0.6 is 12.2 Å². The van der Waals surface area contributed by atoms with Crippen molar-refractivity contribution in [2.45, 2.75) is 0 Å². The summed E-state index contributed by atoms with van der Waals surface area (Å²) in [4.78, 5) is 15.6. The smallest absolute Gasteiger partial charge is 0.286 e. The van der Waals surface area contributed by atoms with E-state index in [1.54, 1.807) is 13.1 Å².